The van der Waals surface area contributed by atoms with Crippen LogP contribution in [0.25, 0.3) is 0 Å². The van der Waals surface area contributed by atoms with E-state index in [0.29, 0.717) is 11.3 Å². The van der Waals surface area contributed by atoms with Crippen molar-refractivity contribution in [2.24, 2.45) is 5.92 Å². The van der Waals surface area contributed by atoms with Gasteiger partial charge in [0.05, 0.1) is 20.1 Å². The van der Waals surface area contributed by atoms with Crippen LogP contribution in [0.15, 0.2) is 24.3 Å². The van der Waals surface area contributed by atoms with Crippen molar-refractivity contribution in [3.63, 3.8) is 0 Å². The first kappa shape index (κ1) is 15.8. The Labute approximate surface area is 127 Å². The highest BCUT2D eigenvalue weighted by Crippen LogP contribution is 2.30. The third kappa shape index (κ3) is 3.03. The lowest BCUT2D eigenvalue weighted by atomic mass is 10.1. The van der Waals surface area contributed by atoms with E-state index in [1.807, 2.05) is 0 Å². The number of carboxylic acids is 1. The number of nitrogens with zero attached hydrogens (tertiary/aromatic N) is 1. The summed E-state index contributed by atoms with van der Waals surface area (Å²) in [6, 6.07) is 5.31. The van der Waals surface area contributed by atoms with E-state index in [9.17, 15) is 19.5 Å². The van der Waals surface area contributed by atoms with Crippen LogP contribution in [0.1, 0.15) is 18.0 Å². The number of benzene rings is 1. The molecule has 1 N–H and O–H groups in total. The average molecular weight is 307 g/mol. The molecule has 1 aromatic rings. The van der Waals surface area contributed by atoms with Crippen LogP contribution in [0.3, 0.4) is 0 Å². The number of carboxylic acid groups (broad SMARTS) is 1. The molecule has 0 spiro atoms. The molecule has 0 bridgehead atoms. The van der Waals surface area contributed by atoms with E-state index < -0.39 is 23.9 Å². The summed E-state index contributed by atoms with van der Waals surface area (Å²) in [5.74, 6) is -2.07. The smallest absolute Gasteiger partial charge is 0.331 e. The van der Waals surface area contributed by atoms with Crippen LogP contribution in [0.5, 0.6) is 5.75 Å². The maximum absolute atomic E-state index is 12.1. The van der Waals surface area contributed by atoms with Crippen molar-refractivity contribution in [3.8, 4) is 5.75 Å². The highest BCUT2D eigenvalue weighted by Gasteiger charge is 2.41. The Morgan fingerprint density at radius 1 is 1.27 bits per heavy atom. The number of esters is 1. The summed E-state index contributed by atoms with van der Waals surface area (Å²) in [7, 11) is 2.75. The van der Waals surface area contributed by atoms with Crippen molar-refractivity contribution < 1.29 is 29.0 Å². The fourth-order valence-corrected chi connectivity index (χ4v) is 2.55. The highest BCUT2D eigenvalue weighted by molar-refractivity contribution is 5.90. The summed E-state index contributed by atoms with van der Waals surface area (Å²) >= 11 is 0. The molecule has 7 heteroatoms. The molecule has 1 aliphatic rings. The minimum Gasteiger partial charge on any atom is -0.497 e. The van der Waals surface area contributed by atoms with Crippen LogP contribution >= 0.6 is 0 Å². The molecule has 0 saturated carbocycles. The molecular formula is C15H17NO6. The number of amides is 1. The molecule has 2 atom stereocenters. The lowest BCUT2D eigenvalue weighted by Gasteiger charge is -2.25. The minimum absolute atomic E-state index is 0.0351. The summed E-state index contributed by atoms with van der Waals surface area (Å²) in [5.41, 5.74) is 0.451. The van der Waals surface area contributed by atoms with E-state index in [0.717, 1.165) is 0 Å². The van der Waals surface area contributed by atoms with E-state index in [1.54, 1.807) is 24.3 Å². The summed E-state index contributed by atoms with van der Waals surface area (Å²) < 4.78 is 9.66. The van der Waals surface area contributed by atoms with Gasteiger partial charge in [0.2, 0.25) is 5.91 Å². The lowest BCUT2D eigenvalue weighted by Crippen LogP contribution is -2.35. The molecule has 1 aromatic carbocycles. The number of carbonyl (C=O) groups is 3. The Balaban J connectivity index is 2.26. The zero-order valence-electron chi connectivity index (χ0n) is 12.3. The molecule has 1 fully saturated rings. The van der Waals surface area contributed by atoms with Gasteiger partial charge in [-0.15, -0.1) is 0 Å². The second-order valence-electron chi connectivity index (χ2n) is 4.98. The van der Waals surface area contributed by atoms with E-state index in [2.05, 4.69) is 4.74 Å². The van der Waals surface area contributed by atoms with Gasteiger partial charge in [0.25, 0.3) is 0 Å². The summed E-state index contributed by atoms with van der Waals surface area (Å²) in [6.45, 7) is 0.0362. The number of ether oxygens (including phenoxy) is 2. The van der Waals surface area contributed by atoms with Crippen molar-refractivity contribution >= 4 is 17.8 Å². The number of carbonyl (C=O) groups excluding carboxylic acids is 2. The van der Waals surface area contributed by atoms with Crippen LogP contribution in [-0.4, -0.2) is 48.6 Å². The number of likely N-dealkylation sites (tertiary alicyclic amines) is 1. The van der Waals surface area contributed by atoms with Crippen LogP contribution in [0.4, 0.5) is 0 Å². The van der Waals surface area contributed by atoms with E-state index in [1.165, 1.54) is 19.1 Å². The van der Waals surface area contributed by atoms with Gasteiger partial charge in [-0.2, -0.15) is 0 Å². The second kappa shape index (κ2) is 6.46. The maximum Gasteiger partial charge on any atom is 0.331 e. The van der Waals surface area contributed by atoms with E-state index in [-0.39, 0.29) is 18.9 Å². The minimum atomic E-state index is -1.15. The largest absolute Gasteiger partial charge is 0.497 e. The maximum atomic E-state index is 12.1. The zero-order valence-corrected chi connectivity index (χ0v) is 12.3. The third-order valence-corrected chi connectivity index (χ3v) is 3.67. The van der Waals surface area contributed by atoms with Gasteiger partial charge in [0.1, 0.15) is 5.75 Å². The van der Waals surface area contributed by atoms with Gasteiger partial charge in [-0.05, 0) is 17.7 Å². The second-order valence-corrected chi connectivity index (χ2v) is 4.98. The van der Waals surface area contributed by atoms with Gasteiger partial charge in [-0.3, -0.25) is 9.59 Å². The molecule has 1 heterocycles. The number of methoxy groups -OCH3 is 2. The molecule has 7 nitrogen and oxygen atoms in total. The van der Waals surface area contributed by atoms with Crippen LogP contribution in [-0.2, 0) is 19.1 Å². The number of hydrogen-bond donors (Lipinski definition) is 1. The lowest BCUT2D eigenvalue weighted by molar-refractivity contribution is -0.149. The predicted molar refractivity (Wildman–Crippen MR) is 75.2 cm³/mol. The Morgan fingerprint density at radius 2 is 1.91 bits per heavy atom. The monoisotopic (exact) mass is 307 g/mol. The number of hydrogen-bond acceptors (Lipinski definition) is 5. The van der Waals surface area contributed by atoms with Gasteiger partial charge < -0.3 is 19.5 Å². The number of rotatable bonds is 5. The topological polar surface area (TPSA) is 93.1 Å². The SMILES string of the molecule is COC(=O)C1CC(=O)N(C(C(=O)O)c2ccc(OC)cc2)C1. The Morgan fingerprint density at radius 3 is 2.41 bits per heavy atom. The molecule has 2 rings (SSSR count). The standard InChI is InChI=1S/C15H17NO6/c1-21-11-5-3-9(4-6-11)13(14(18)19)16-8-10(7-12(16)17)15(20)22-2/h3-6,10,13H,7-8H2,1-2H3,(H,18,19). The zero-order chi connectivity index (χ0) is 16.3. The first-order valence-electron chi connectivity index (χ1n) is 6.72. The molecule has 0 radical (unpaired) electrons. The van der Waals surface area contributed by atoms with Crippen LogP contribution < -0.4 is 4.74 Å². The molecule has 22 heavy (non-hydrogen) atoms. The molecule has 1 amide bonds. The van der Waals surface area contributed by atoms with Crippen LogP contribution in [0, 0.1) is 5.92 Å². The molecule has 2 unspecified atom stereocenters. The van der Waals surface area contributed by atoms with E-state index in [4.69, 9.17) is 4.74 Å². The molecule has 0 aliphatic carbocycles. The summed E-state index contributed by atoms with van der Waals surface area (Å²) in [5, 5.41) is 9.47. The fourth-order valence-electron chi connectivity index (χ4n) is 2.55. The molecule has 118 valence electrons. The van der Waals surface area contributed by atoms with Crippen molar-refractivity contribution in [3.05, 3.63) is 29.8 Å². The quantitative estimate of drug-likeness (QED) is 0.810. The van der Waals surface area contributed by atoms with Crippen molar-refractivity contribution in [2.75, 3.05) is 20.8 Å². The number of aliphatic carboxylic acids is 1. The summed E-state index contributed by atoms with van der Waals surface area (Å²) in [4.78, 5) is 36.4. The van der Waals surface area contributed by atoms with Gasteiger partial charge in [0, 0.05) is 13.0 Å². The molecule has 1 aliphatic heterocycles. The average Bonchev–Trinajstić information content (AvgIpc) is 2.89. The highest BCUT2D eigenvalue weighted by atomic mass is 16.5. The van der Waals surface area contributed by atoms with Gasteiger partial charge in [-0.1, -0.05) is 12.1 Å². The Kier molecular flexibility index (Phi) is 4.65. The van der Waals surface area contributed by atoms with Gasteiger partial charge >= 0.3 is 11.9 Å². The van der Waals surface area contributed by atoms with E-state index >= 15 is 0 Å². The predicted octanol–water partition coefficient (Wildman–Crippen LogP) is 0.842. The van der Waals surface area contributed by atoms with Crippen LogP contribution in [0.2, 0.25) is 0 Å². The normalized spacial score (nSPS) is 18.9. The first-order chi connectivity index (χ1) is 10.5. The molecular weight excluding hydrogens is 290 g/mol. The Bertz CT molecular complexity index is 582. The summed E-state index contributed by atoms with van der Waals surface area (Å²) in [6.07, 6.45) is -0.0351. The van der Waals surface area contributed by atoms with Crippen molar-refractivity contribution in [1.82, 2.24) is 4.90 Å². The van der Waals surface area contributed by atoms with Gasteiger partial charge in [-0.25, -0.2) is 4.79 Å². The molecule has 0 aromatic heterocycles. The first-order valence-corrected chi connectivity index (χ1v) is 6.72. The van der Waals surface area contributed by atoms with Crippen molar-refractivity contribution in [1.29, 1.82) is 0 Å². The van der Waals surface area contributed by atoms with Gasteiger partial charge in [0.15, 0.2) is 6.04 Å². The fraction of sp³-hybridized carbons (Fsp3) is 0.400. The third-order valence-electron chi connectivity index (χ3n) is 3.67. The Hall–Kier alpha value is -2.57. The van der Waals surface area contributed by atoms with Crippen molar-refractivity contribution in [2.45, 2.75) is 12.5 Å². The molecule has 1 saturated heterocycles.